The number of likely N-dealkylation sites (tertiary alicyclic amines) is 1. The highest BCUT2D eigenvalue weighted by molar-refractivity contribution is 4.78. The molecule has 1 heterocycles. The molecule has 1 aliphatic rings. The largest absolute Gasteiger partial charge is 0.316 e. The minimum atomic E-state index is 0.718. The van der Waals surface area contributed by atoms with Gasteiger partial charge in [0.25, 0.3) is 0 Å². The van der Waals surface area contributed by atoms with Gasteiger partial charge in [-0.3, -0.25) is 0 Å². The standard InChI is InChI=1S/C18H38N2/c1-6-8-18-9-7-11-20(12-10-18)17(5)16(4)14-19-13-15(2)3/h15-19H,6-14H2,1-5H3. The third-order valence-electron chi connectivity index (χ3n) is 5.00. The van der Waals surface area contributed by atoms with Crippen molar-refractivity contribution in [1.29, 1.82) is 0 Å². The lowest BCUT2D eigenvalue weighted by molar-refractivity contribution is 0.162. The maximum Gasteiger partial charge on any atom is 0.0105 e. The minimum Gasteiger partial charge on any atom is -0.316 e. The van der Waals surface area contributed by atoms with E-state index in [-0.39, 0.29) is 0 Å². The Morgan fingerprint density at radius 1 is 1.05 bits per heavy atom. The molecule has 3 atom stereocenters. The van der Waals surface area contributed by atoms with Crippen molar-refractivity contribution in [3.8, 4) is 0 Å². The summed E-state index contributed by atoms with van der Waals surface area (Å²) in [6, 6.07) is 0.718. The molecule has 0 bridgehead atoms. The van der Waals surface area contributed by atoms with Gasteiger partial charge in [0, 0.05) is 6.04 Å². The van der Waals surface area contributed by atoms with Crippen molar-refractivity contribution in [2.75, 3.05) is 26.2 Å². The molecule has 1 rings (SSSR count). The van der Waals surface area contributed by atoms with Gasteiger partial charge >= 0.3 is 0 Å². The molecule has 1 saturated heterocycles. The second-order valence-electron chi connectivity index (χ2n) is 7.39. The molecule has 0 spiro atoms. The lowest BCUT2D eigenvalue weighted by Crippen LogP contribution is -2.42. The van der Waals surface area contributed by atoms with Crippen LogP contribution in [-0.2, 0) is 0 Å². The highest BCUT2D eigenvalue weighted by atomic mass is 15.2. The van der Waals surface area contributed by atoms with Crippen molar-refractivity contribution in [3.05, 3.63) is 0 Å². The van der Waals surface area contributed by atoms with E-state index in [4.69, 9.17) is 0 Å². The van der Waals surface area contributed by atoms with Crippen molar-refractivity contribution in [2.24, 2.45) is 17.8 Å². The van der Waals surface area contributed by atoms with Gasteiger partial charge in [-0.15, -0.1) is 0 Å². The van der Waals surface area contributed by atoms with E-state index in [1.165, 1.54) is 45.2 Å². The molecule has 2 nitrogen and oxygen atoms in total. The van der Waals surface area contributed by atoms with Crippen LogP contribution in [0.5, 0.6) is 0 Å². The van der Waals surface area contributed by atoms with E-state index >= 15 is 0 Å². The Kier molecular flexibility index (Phi) is 8.79. The molecule has 0 radical (unpaired) electrons. The van der Waals surface area contributed by atoms with Crippen molar-refractivity contribution in [3.63, 3.8) is 0 Å². The van der Waals surface area contributed by atoms with Gasteiger partial charge in [0.05, 0.1) is 0 Å². The molecule has 1 N–H and O–H groups in total. The average molecular weight is 283 g/mol. The molecular weight excluding hydrogens is 244 g/mol. The SMILES string of the molecule is CCCC1CCCN(C(C)C(C)CNCC(C)C)CC1. The lowest BCUT2D eigenvalue weighted by Gasteiger charge is -2.32. The van der Waals surface area contributed by atoms with Crippen LogP contribution in [-0.4, -0.2) is 37.1 Å². The van der Waals surface area contributed by atoms with Gasteiger partial charge in [-0.25, -0.2) is 0 Å². The summed E-state index contributed by atoms with van der Waals surface area (Å²) in [5.41, 5.74) is 0. The van der Waals surface area contributed by atoms with Crippen LogP contribution in [0.4, 0.5) is 0 Å². The maximum absolute atomic E-state index is 3.62. The molecule has 3 unspecified atom stereocenters. The number of rotatable bonds is 8. The molecule has 0 aliphatic carbocycles. The molecule has 1 fully saturated rings. The fraction of sp³-hybridized carbons (Fsp3) is 1.00. The Balaban J connectivity index is 2.32. The van der Waals surface area contributed by atoms with Gasteiger partial charge < -0.3 is 10.2 Å². The smallest absolute Gasteiger partial charge is 0.0105 e. The summed E-state index contributed by atoms with van der Waals surface area (Å²) in [6.45, 7) is 16.7. The van der Waals surface area contributed by atoms with Crippen LogP contribution in [0.1, 0.15) is 66.7 Å². The predicted octanol–water partition coefficient (Wildman–Crippen LogP) is 4.16. The zero-order valence-electron chi connectivity index (χ0n) is 14.6. The summed E-state index contributed by atoms with van der Waals surface area (Å²) >= 11 is 0. The minimum absolute atomic E-state index is 0.718. The first kappa shape index (κ1) is 18.0. The van der Waals surface area contributed by atoms with E-state index in [9.17, 15) is 0 Å². The molecule has 0 aromatic carbocycles. The first-order valence-electron chi connectivity index (χ1n) is 8.99. The molecular formula is C18H38N2. The summed E-state index contributed by atoms with van der Waals surface area (Å²) in [5.74, 6) is 2.49. The first-order chi connectivity index (χ1) is 9.54. The van der Waals surface area contributed by atoms with Crippen molar-refractivity contribution >= 4 is 0 Å². The van der Waals surface area contributed by atoms with Gasteiger partial charge in [0.15, 0.2) is 0 Å². The van der Waals surface area contributed by atoms with Crippen LogP contribution in [0.25, 0.3) is 0 Å². The van der Waals surface area contributed by atoms with Gasteiger partial charge in [0.2, 0.25) is 0 Å². The van der Waals surface area contributed by atoms with Crippen LogP contribution in [0.2, 0.25) is 0 Å². The highest BCUT2D eigenvalue weighted by Crippen LogP contribution is 2.24. The summed E-state index contributed by atoms with van der Waals surface area (Å²) in [7, 11) is 0. The Bertz CT molecular complexity index is 240. The number of hydrogen-bond donors (Lipinski definition) is 1. The molecule has 0 aromatic heterocycles. The summed E-state index contributed by atoms with van der Waals surface area (Å²) in [5, 5.41) is 3.62. The maximum atomic E-state index is 3.62. The molecule has 1 aliphatic heterocycles. The van der Waals surface area contributed by atoms with Gasteiger partial charge in [-0.05, 0) is 70.1 Å². The van der Waals surface area contributed by atoms with Crippen LogP contribution in [0.15, 0.2) is 0 Å². The molecule has 20 heavy (non-hydrogen) atoms. The van der Waals surface area contributed by atoms with E-state index in [0.717, 1.165) is 36.9 Å². The summed E-state index contributed by atoms with van der Waals surface area (Å²) in [4.78, 5) is 2.75. The van der Waals surface area contributed by atoms with E-state index in [0.29, 0.717) is 0 Å². The Morgan fingerprint density at radius 3 is 2.45 bits per heavy atom. The van der Waals surface area contributed by atoms with Crippen molar-refractivity contribution < 1.29 is 0 Å². The summed E-state index contributed by atoms with van der Waals surface area (Å²) < 4.78 is 0. The first-order valence-corrected chi connectivity index (χ1v) is 8.99. The number of nitrogens with zero attached hydrogens (tertiary/aromatic N) is 1. The van der Waals surface area contributed by atoms with E-state index in [1.54, 1.807) is 0 Å². The third-order valence-corrected chi connectivity index (χ3v) is 5.00. The normalized spacial score (nSPS) is 24.6. The molecule has 0 amide bonds. The predicted molar refractivity (Wildman–Crippen MR) is 90.2 cm³/mol. The van der Waals surface area contributed by atoms with Crippen LogP contribution < -0.4 is 5.32 Å². The molecule has 120 valence electrons. The van der Waals surface area contributed by atoms with E-state index in [1.807, 2.05) is 0 Å². The quantitative estimate of drug-likeness (QED) is 0.719. The zero-order valence-corrected chi connectivity index (χ0v) is 14.6. The molecule has 0 aromatic rings. The van der Waals surface area contributed by atoms with Gasteiger partial charge in [-0.2, -0.15) is 0 Å². The third kappa shape index (κ3) is 6.58. The topological polar surface area (TPSA) is 15.3 Å². The second-order valence-corrected chi connectivity index (χ2v) is 7.39. The highest BCUT2D eigenvalue weighted by Gasteiger charge is 2.23. The Labute approximate surface area is 127 Å². The average Bonchev–Trinajstić information content (AvgIpc) is 2.63. The Hall–Kier alpha value is -0.0800. The second kappa shape index (κ2) is 9.78. The van der Waals surface area contributed by atoms with Crippen LogP contribution in [0.3, 0.4) is 0 Å². The Morgan fingerprint density at radius 2 is 1.80 bits per heavy atom. The number of nitrogens with one attached hydrogen (secondary N) is 1. The fourth-order valence-corrected chi connectivity index (χ4v) is 3.42. The monoisotopic (exact) mass is 282 g/mol. The van der Waals surface area contributed by atoms with E-state index in [2.05, 4.69) is 44.8 Å². The lowest BCUT2D eigenvalue weighted by atomic mass is 9.96. The van der Waals surface area contributed by atoms with Gasteiger partial charge in [0.1, 0.15) is 0 Å². The zero-order chi connectivity index (χ0) is 15.0. The van der Waals surface area contributed by atoms with E-state index < -0.39 is 0 Å². The summed E-state index contributed by atoms with van der Waals surface area (Å²) in [6.07, 6.45) is 7.08. The van der Waals surface area contributed by atoms with Crippen LogP contribution >= 0.6 is 0 Å². The van der Waals surface area contributed by atoms with Crippen LogP contribution in [0, 0.1) is 17.8 Å². The number of hydrogen-bond acceptors (Lipinski definition) is 2. The fourth-order valence-electron chi connectivity index (χ4n) is 3.42. The van der Waals surface area contributed by atoms with Crippen molar-refractivity contribution in [1.82, 2.24) is 10.2 Å². The van der Waals surface area contributed by atoms with Crippen molar-refractivity contribution in [2.45, 2.75) is 72.8 Å². The molecule has 0 saturated carbocycles. The van der Waals surface area contributed by atoms with Gasteiger partial charge in [-0.1, -0.05) is 40.5 Å². The molecule has 2 heteroatoms.